The lowest BCUT2D eigenvalue weighted by Gasteiger charge is -1.93. The summed E-state index contributed by atoms with van der Waals surface area (Å²) in [5, 5.41) is 0. The fourth-order valence-electron chi connectivity index (χ4n) is 0.869. The van der Waals surface area contributed by atoms with Gasteiger partial charge in [0.05, 0.1) is 0 Å². The molecule has 0 fully saturated rings. The van der Waals surface area contributed by atoms with Crippen LogP contribution in [-0.2, 0) is 0 Å². The van der Waals surface area contributed by atoms with E-state index in [9.17, 15) is 0 Å². The van der Waals surface area contributed by atoms with E-state index in [0.717, 1.165) is 19.3 Å². The van der Waals surface area contributed by atoms with E-state index in [0.29, 0.717) is 0 Å². The van der Waals surface area contributed by atoms with Gasteiger partial charge in [-0.1, -0.05) is 35.3 Å². The van der Waals surface area contributed by atoms with Crippen molar-refractivity contribution in [2.45, 2.75) is 33.1 Å². The molecule has 0 saturated heterocycles. The minimum Gasteiger partial charge on any atom is -0.0887 e. The second-order valence-electron chi connectivity index (χ2n) is 2.91. The van der Waals surface area contributed by atoms with Crippen LogP contribution in [0.2, 0.25) is 0 Å². The van der Waals surface area contributed by atoms with E-state index in [1.807, 2.05) is 6.08 Å². The van der Waals surface area contributed by atoms with Gasteiger partial charge in [-0.3, -0.25) is 0 Å². The molecule has 0 aromatic heterocycles. The van der Waals surface area contributed by atoms with Crippen LogP contribution in [0.4, 0.5) is 0 Å². The normalized spacial score (nSPS) is 11.1. The minimum absolute atomic E-state index is 0.928. The molecule has 0 heterocycles. The Kier molecular flexibility index (Phi) is 8.04. The van der Waals surface area contributed by atoms with Crippen LogP contribution in [0, 0.1) is 0 Å². The molecule has 0 aliphatic rings. The van der Waals surface area contributed by atoms with Gasteiger partial charge in [0.15, 0.2) is 0 Å². The zero-order valence-corrected chi connectivity index (χ0v) is 8.64. The summed E-state index contributed by atoms with van der Waals surface area (Å²) in [6.07, 6.45) is 11.6. The molecule has 0 amide bonds. The van der Waals surface area contributed by atoms with Crippen LogP contribution in [0.3, 0.4) is 0 Å². The molecule has 0 aliphatic heterocycles. The first kappa shape index (κ1) is 11.8. The van der Waals surface area contributed by atoms with Gasteiger partial charge in [0.2, 0.25) is 0 Å². The van der Waals surface area contributed by atoms with Gasteiger partial charge in [-0.25, -0.2) is 0 Å². The average Bonchev–Trinajstić information content (AvgIpc) is 2.16. The van der Waals surface area contributed by atoms with Crippen LogP contribution in [0.25, 0.3) is 0 Å². The fraction of sp³-hybridized carbons (Fsp3) is 0.385. The SMILES string of the molecule is C=C=C=CCC=CCCC(C)=CC. The Hall–Kier alpha value is -1.22. The third-order valence-corrected chi connectivity index (χ3v) is 1.82. The van der Waals surface area contributed by atoms with Gasteiger partial charge in [-0.15, -0.1) is 0 Å². The molecule has 0 aromatic carbocycles. The Labute approximate surface area is 81.7 Å². The number of hydrogen-bond donors (Lipinski definition) is 0. The number of rotatable bonds is 5. The van der Waals surface area contributed by atoms with Crippen molar-refractivity contribution < 1.29 is 0 Å². The molecular formula is C13H18. The summed E-state index contributed by atoms with van der Waals surface area (Å²) in [5.74, 6) is 0. The number of allylic oxidation sites excluding steroid dienone is 5. The maximum Gasteiger partial charge on any atom is -0.00865 e. The first-order valence-electron chi connectivity index (χ1n) is 4.67. The monoisotopic (exact) mass is 174 g/mol. The third-order valence-electron chi connectivity index (χ3n) is 1.82. The highest BCUT2D eigenvalue weighted by molar-refractivity contribution is 4.99. The van der Waals surface area contributed by atoms with E-state index in [1.54, 1.807) is 0 Å². The summed E-state index contributed by atoms with van der Waals surface area (Å²) in [6.45, 7) is 7.67. The van der Waals surface area contributed by atoms with Gasteiger partial charge in [0, 0.05) is 0 Å². The molecule has 0 spiro atoms. The van der Waals surface area contributed by atoms with Crippen molar-refractivity contribution in [1.82, 2.24) is 0 Å². The fourth-order valence-corrected chi connectivity index (χ4v) is 0.869. The van der Waals surface area contributed by atoms with Crippen LogP contribution in [-0.4, -0.2) is 0 Å². The van der Waals surface area contributed by atoms with E-state index >= 15 is 0 Å². The Morgan fingerprint density at radius 1 is 1.38 bits per heavy atom. The zero-order chi connectivity index (χ0) is 9.94. The Bertz CT molecular complexity index is 254. The molecule has 0 radical (unpaired) electrons. The largest absolute Gasteiger partial charge is 0.0887 e. The highest BCUT2D eigenvalue weighted by atomic mass is 13.9. The van der Waals surface area contributed by atoms with Crippen molar-refractivity contribution in [3.8, 4) is 0 Å². The Morgan fingerprint density at radius 3 is 2.77 bits per heavy atom. The van der Waals surface area contributed by atoms with Crippen molar-refractivity contribution in [3.05, 3.63) is 47.9 Å². The maximum absolute atomic E-state index is 3.43. The summed E-state index contributed by atoms with van der Waals surface area (Å²) in [6, 6.07) is 0. The summed E-state index contributed by atoms with van der Waals surface area (Å²) >= 11 is 0. The van der Waals surface area contributed by atoms with Crippen molar-refractivity contribution in [1.29, 1.82) is 0 Å². The van der Waals surface area contributed by atoms with Crippen LogP contribution < -0.4 is 0 Å². The van der Waals surface area contributed by atoms with E-state index in [1.165, 1.54) is 5.57 Å². The third kappa shape index (κ3) is 8.69. The van der Waals surface area contributed by atoms with Gasteiger partial charge in [0.1, 0.15) is 0 Å². The highest BCUT2D eigenvalue weighted by Gasteiger charge is 1.83. The van der Waals surface area contributed by atoms with Crippen molar-refractivity contribution in [2.24, 2.45) is 0 Å². The lowest BCUT2D eigenvalue weighted by atomic mass is 10.1. The predicted molar refractivity (Wildman–Crippen MR) is 59.6 cm³/mol. The van der Waals surface area contributed by atoms with E-state index in [4.69, 9.17) is 0 Å². The van der Waals surface area contributed by atoms with Gasteiger partial charge >= 0.3 is 0 Å². The summed E-state index contributed by atoms with van der Waals surface area (Å²) in [7, 11) is 0. The lowest BCUT2D eigenvalue weighted by molar-refractivity contribution is 0.970. The van der Waals surface area contributed by atoms with E-state index < -0.39 is 0 Å². The minimum atomic E-state index is 0.928. The topological polar surface area (TPSA) is 0 Å². The van der Waals surface area contributed by atoms with Gasteiger partial charge in [0.25, 0.3) is 0 Å². The molecule has 13 heavy (non-hydrogen) atoms. The summed E-state index contributed by atoms with van der Waals surface area (Å²) in [5.41, 5.74) is 6.85. The van der Waals surface area contributed by atoms with E-state index in [2.05, 4.69) is 50.1 Å². The summed E-state index contributed by atoms with van der Waals surface area (Å²) < 4.78 is 0. The average molecular weight is 174 g/mol. The molecule has 70 valence electrons. The first-order valence-corrected chi connectivity index (χ1v) is 4.67. The molecule has 0 heteroatoms. The van der Waals surface area contributed by atoms with Crippen LogP contribution in [0.15, 0.2) is 47.9 Å². The quantitative estimate of drug-likeness (QED) is 0.433. The van der Waals surface area contributed by atoms with Gasteiger partial charge in [-0.2, -0.15) is 0 Å². The molecule has 0 aliphatic carbocycles. The second kappa shape index (κ2) is 8.87. The maximum atomic E-state index is 3.43. The van der Waals surface area contributed by atoms with Crippen LogP contribution >= 0.6 is 0 Å². The molecule has 0 aromatic rings. The van der Waals surface area contributed by atoms with Crippen molar-refractivity contribution in [3.63, 3.8) is 0 Å². The highest BCUT2D eigenvalue weighted by Crippen LogP contribution is 2.03. The zero-order valence-electron chi connectivity index (χ0n) is 8.64. The van der Waals surface area contributed by atoms with Crippen LogP contribution in [0.5, 0.6) is 0 Å². The van der Waals surface area contributed by atoms with Gasteiger partial charge < -0.3 is 0 Å². The van der Waals surface area contributed by atoms with Crippen molar-refractivity contribution >= 4 is 0 Å². The van der Waals surface area contributed by atoms with E-state index in [-0.39, 0.29) is 0 Å². The number of hydrogen-bond acceptors (Lipinski definition) is 0. The molecule has 0 saturated carbocycles. The molecule has 0 atom stereocenters. The molecule has 0 bridgehead atoms. The molecule has 0 N–H and O–H groups in total. The first-order chi connectivity index (χ1) is 6.31. The predicted octanol–water partition coefficient (Wildman–Crippen LogP) is 4.18. The summed E-state index contributed by atoms with van der Waals surface area (Å²) in [4.78, 5) is 0. The van der Waals surface area contributed by atoms with Gasteiger partial charge in [-0.05, 0) is 45.8 Å². The smallest absolute Gasteiger partial charge is 0.00865 e. The molecule has 0 rings (SSSR count). The standard InChI is InChI=1S/C13H18/c1-4-6-7-8-9-10-11-12-13(3)5-2/h5,7,9-10H,1,8,11-12H2,2-3H3. The molecule has 0 nitrogen and oxygen atoms in total. The second-order valence-corrected chi connectivity index (χ2v) is 2.91. The van der Waals surface area contributed by atoms with Crippen molar-refractivity contribution in [2.75, 3.05) is 0 Å². The lowest BCUT2D eigenvalue weighted by Crippen LogP contribution is -1.73. The molecular weight excluding hydrogens is 156 g/mol. The van der Waals surface area contributed by atoms with Crippen LogP contribution in [0.1, 0.15) is 33.1 Å². The Balaban J connectivity index is 3.53. The molecule has 0 unspecified atom stereocenters. The Morgan fingerprint density at radius 2 is 2.15 bits per heavy atom.